The Morgan fingerprint density at radius 1 is 0.306 bits per heavy atom. The van der Waals surface area contributed by atoms with Crippen molar-refractivity contribution in [2.75, 3.05) is 125 Å². The number of aryl methyl sites for hydroxylation is 1. The standard InChI is InChI=1S/C30H29N3O2.C28H26N4O2.C27H29N3O2.C26H24N4O3/c1-22-2-8-26(9-3-22)29(34)20-23-4-10-25(11-5-23)28-14-15-31-30(32-28)21-24-6-12-27(13-7-24)33-16-18-35-19-17-33;33-27(24-2-1-12-29-20-24)18-21-3-7-23(8-4-21)26-11-13-30-28(31-26)19-22-5-9-25(10-6-22)32-14-16-34-17-15-32;31-25(17-20-1-2-20)18-21-3-7-23(8-4-21)26-11-12-28-27(29-26)19-22-5-9-24(10-6-22)30-13-15-32-16-14-30;31-24(25-10-12-28-33-25)17-19-1-5-21(6-2-19)23-9-11-27-26(29-23)18-20-3-7-22(8-4-20)30-13-15-32-16-14-30/h2-15H,16-21H2,1H3;1-13,20H,14-19H2;3-12,20H,1-2,13-19H2;1-12H,13-18H2. The lowest BCUT2D eigenvalue weighted by molar-refractivity contribution is -0.118. The highest BCUT2D eigenvalue weighted by atomic mass is 16.5. The van der Waals surface area contributed by atoms with E-state index in [9.17, 15) is 19.2 Å². The lowest BCUT2D eigenvalue weighted by atomic mass is 10.0. The number of ketones is 4. The number of rotatable bonds is 29. The summed E-state index contributed by atoms with van der Waals surface area (Å²) < 4.78 is 26.7. The zero-order valence-electron chi connectivity index (χ0n) is 75.5. The van der Waals surface area contributed by atoms with Gasteiger partial charge in [0, 0.05) is 210 Å². The molecule has 23 nitrogen and oxygen atoms in total. The van der Waals surface area contributed by atoms with Crippen molar-refractivity contribution in [3.63, 3.8) is 0 Å². The van der Waals surface area contributed by atoms with Crippen molar-refractivity contribution in [1.29, 1.82) is 0 Å². The van der Waals surface area contributed by atoms with E-state index in [4.69, 9.17) is 43.4 Å². The average Bonchev–Trinajstić information content (AvgIpc) is 1.23. The van der Waals surface area contributed by atoms with E-state index in [0.717, 1.165) is 213 Å². The first-order valence-corrected chi connectivity index (χ1v) is 46.2. The van der Waals surface area contributed by atoms with E-state index in [1.165, 1.54) is 64.0 Å². The van der Waals surface area contributed by atoms with Crippen molar-refractivity contribution >= 4 is 45.9 Å². The van der Waals surface area contributed by atoms with Crippen LogP contribution in [0.4, 0.5) is 22.7 Å². The molecule has 0 atom stereocenters. The molecule has 0 N–H and O–H groups in total. The molecule has 1 saturated carbocycles. The molecule has 5 fully saturated rings. The smallest absolute Gasteiger partial charge is 0.205 e. The molecule has 1 aliphatic carbocycles. The summed E-state index contributed by atoms with van der Waals surface area (Å²) in [5.41, 5.74) is 23.7. The normalized spacial score (nSPS) is 14.2. The number of anilines is 4. The predicted octanol–water partition coefficient (Wildman–Crippen LogP) is 18.2. The third-order valence-corrected chi connectivity index (χ3v) is 24.3. The van der Waals surface area contributed by atoms with E-state index in [0.29, 0.717) is 62.2 Å². The van der Waals surface area contributed by atoms with Gasteiger partial charge in [-0.25, -0.2) is 39.9 Å². The summed E-state index contributed by atoms with van der Waals surface area (Å²) in [5, 5.41) is 3.59. The van der Waals surface area contributed by atoms with Crippen molar-refractivity contribution < 1.29 is 42.6 Å². The van der Waals surface area contributed by atoms with Crippen LogP contribution in [0.1, 0.15) is 124 Å². The van der Waals surface area contributed by atoms with E-state index in [1.807, 2.05) is 153 Å². The van der Waals surface area contributed by atoms with Crippen LogP contribution in [0.2, 0.25) is 0 Å². The maximum atomic E-state index is 12.6. The SMILES string of the molecule is Cc1ccc(C(=O)Cc2ccc(-c3ccnc(Cc4ccc(N5CCOCC5)cc4)n3)cc2)cc1.O=C(Cc1ccc(-c2ccnc(Cc3ccc(N4CCOCC4)cc3)n2)cc1)CC1CC1.O=C(Cc1ccc(-c2ccnc(Cc3ccc(N4CCOCC4)cc3)n2)cc1)c1cccnc1.O=C(Cc1ccc(-c2ccnc(Cc3ccc(N4CCOCC4)cc3)n2)cc1)c1ccno1. The molecule has 10 heterocycles. The lowest BCUT2D eigenvalue weighted by Gasteiger charge is -2.28. The van der Waals surface area contributed by atoms with Crippen molar-refractivity contribution in [2.45, 2.75) is 77.6 Å². The first-order chi connectivity index (χ1) is 65.8. The number of carbonyl (C=O) groups is 4. The van der Waals surface area contributed by atoms with Crippen molar-refractivity contribution in [3.05, 3.63) is 394 Å². The van der Waals surface area contributed by atoms with Gasteiger partial charge in [0.05, 0.1) is 81.8 Å². The molecule has 0 radical (unpaired) electrons. The molecule has 15 aromatic rings. The van der Waals surface area contributed by atoms with Crippen LogP contribution in [-0.2, 0) is 75.1 Å². The molecule has 676 valence electrons. The third kappa shape index (κ3) is 26.4. The Kier molecular flexibility index (Phi) is 31.3. The molecule has 0 amide bonds. The van der Waals surface area contributed by atoms with Gasteiger partial charge in [-0.1, -0.05) is 181 Å². The summed E-state index contributed by atoms with van der Waals surface area (Å²) in [6.07, 6.45) is 19.4. The quantitative estimate of drug-likeness (QED) is 0.0394. The molecule has 0 unspecified atom stereocenters. The molecule has 20 rings (SSSR count). The molecule has 5 aliphatic rings. The number of Topliss-reactive ketones (excluding diaryl/α,β-unsaturated/α-hetero) is 4. The Morgan fingerprint density at radius 3 is 0.910 bits per heavy atom. The maximum Gasteiger partial charge on any atom is 0.205 e. The summed E-state index contributed by atoms with van der Waals surface area (Å²) in [6.45, 7) is 15.8. The number of ether oxygens (including phenoxy) is 4. The van der Waals surface area contributed by atoms with Crippen molar-refractivity contribution in [1.82, 2.24) is 50.0 Å². The molecule has 23 heteroatoms. The molecule has 6 aromatic heterocycles. The van der Waals surface area contributed by atoms with E-state index >= 15 is 0 Å². The average molecular weight is 1780 g/mol. The summed E-state index contributed by atoms with van der Waals surface area (Å²) in [5.74, 6) is 4.53. The number of nitrogens with zero attached hydrogens (tertiary/aromatic N) is 14. The van der Waals surface area contributed by atoms with Gasteiger partial charge in [0.2, 0.25) is 11.5 Å². The van der Waals surface area contributed by atoms with Gasteiger partial charge in [-0.05, 0) is 155 Å². The zero-order valence-corrected chi connectivity index (χ0v) is 75.5. The van der Waals surface area contributed by atoms with Crippen LogP contribution in [-0.4, -0.2) is 178 Å². The number of carbonyl (C=O) groups excluding carboxylic acids is 4. The highest BCUT2D eigenvalue weighted by Crippen LogP contribution is 2.34. The lowest BCUT2D eigenvalue weighted by Crippen LogP contribution is -2.36. The van der Waals surface area contributed by atoms with Crippen LogP contribution in [0.5, 0.6) is 0 Å². The van der Waals surface area contributed by atoms with Gasteiger partial charge in [-0.2, -0.15) is 0 Å². The Bertz CT molecular complexity index is 6310. The van der Waals surface area contributed by atoms with Gasteiger partial charge in [0.15, 0.2) is 11.6 Å². The van der Waals surface area contributed by atoms with Crippen molar-refractivity contribution in [3.8, 4) is 45.0 Å². The minimum absolute atomic E-state index is 0.0600. The van der Waals surface area contributed by atoms with Crippen LogP contribution in [0, 0.1) is 12.8 Å². The second-order valence-corrected chi connectivity index (χ2v) is 34.1. The number of benzene rings is 9. The number of hydrogen-bond donors (Lipinski definition) is 0. The molecule has 9 aromatic carbocycles. The van der Waals surface area contributed by atoms with Gasteiger partial charge in [0.25, 0.3) is 0 Å². The fourth-order valence-corrected chi connectivity index (χ4v) is 16.5. The van der Waals surface area contributed by atoms with Crippen LogP contribution in [0.3, 0.4) is 0 Å². The third-order valence-electron chi connectivity index (χ3n) is 24.3. The zero-order chi connectivity index (χ0) is 91.4. The second-order valence-electron chi connectivity index (χ2n) is 34.1. The second kappa shape index (κ2) is 46.0. The minimum Gasteiger partial charge on any atom is -0.378 e. The highest BCUT2D eigenvalue weighted by Gasteiger charge is 2.25. The Labute approximate surface area is 781 Å². The largest absolute Gasteiger partial charge is 0.378 e. The van der Waals surface area contributed by atoms with E-state index in [1.54, 1.807) is 43.0 Å². The minimum atomic E-state index is -0.0933. The first-order valence-electron chi connectivity index (χ1n) is 46.2. The van der Waals surface area contributed by atoms with Crippen LogP contribution >= 0.6 is 0 Å². The number of pyridine rings is 1. The Hall–Kier alpha value is -14.6. The van der Waals surface area contributed by atoms with Gasteiger partial charge in [-0.3, -0.25) is 24.2 Å². The van der Waals surface area contributed by atoms with Crippen LogP contribution in [0.15, 0.2) is 309 Å². The molecule has 0 bridgehead atoms. The van der Waals surface area contributed by atoms with Gasteiger partial charge >= 0.3 is 0 Å². The van der Waals surface area contributed by atoms with E-state index in [2.05, 4.69) is 159 Å². The first kappa shape index (κ1) is 91.3. The van der Waals surface area contributed by atoms with Crippen molar-refractivity contribution in [2.24, 2.45) is 5.92 Å². The molecule has 0 spiro atoms. The summed E-state index contributed by atoms with van der Waals surface area (Å²) in [4.78, 5) is 99.7. The van der Waals surface area contributed by atoms with E-state index < -0.39 is 0 Å². The van der Waals surface area contributed by atoms with Crippen LogP contribution in [0.25, 0.3) is 45.0 Å². The highest BCUT2D eigenvalue weighted by molar-refractivity contribution is 5.98. The fourth-order valence-electron chi connectivity index (χ4n) is 16.5. The van der Waals surface area contributed by atoms with Gasteiger partial charge in [0.1, 0.15) is 29.1 Å². The molecule has 4 aliphatic heterocycles. The summed E-state index contributed by atoms with van der Waals surface area (Å²) >= 11 is 0. The molecule has 134 heavy (non-hydrogen) atoms. The monoisotopic (exact) mass is 1780 g/mol. The predicted molar refractivity (Wildman–Crippen MR) is 521 cm³/mol. The topological polar surface area (TPSA) is 260 Å². The molecular formula is C111H108N14O9. The van der Waals surface area contributed by atoms with Gasteiger partial charge < -0.3 is 43.1 Å². The van der Waals surface area contributed by atoms with Gasteiger partial charge in [-0.15, -0.1) is 0 Å². The Balaban J connectivity index is 0.000000124. The Morgan fingerprint density at radius 2 is 0.612 bits per heavy atom. The molecule has 4 saturated heterocycles. The fraction of sp³-hybridized carbons (Fsp3) is 0.261. The number of aromatic nitrogens is 10. The number of hydrogen-bond acceptors (Lipinski definition) is 23. The summed E-state index contributed by atoms with van der Waals surface area (Å²) in [7, 11) is 0. The maximum absolute atomic E-state index is 12.6. The van der Waals surface area contributed by atoms with E-state index in [-0.39, 0.29) is 29.5 Å². The van der Waals surface area contributed by atoms with Crippen LogP contribution < -0.4 is 19.6 Å². The molecular weight excluding hydrogens is 1670 g/mol. The number of morpholine rings is 4. The summed E-state index contributed by atoms with van der Waals surface area (Å²) in [6, 6.07) is 87.2.